The number of hydrogen-bond acceptors (Lipinski definition) is 7. The quantitative estimate of drug-likeness (QED) is 0.617. The van der Waals surface area contributed by atoms with Crippen LogP contribution in [0.1, 0.15) is 25.3 Å². The number of nitrogens with zero attached hydrogens (tertiary/aromatic N) is 5. The summed E-state index contributed by atoms with van der Waals surface area (Å²) >= 11 is 0. The molecule has 144 valence electrons. The molecule has 0 bridgehead atoms. The molecule has 0 spiro atoms. The number of rotatable bonds is 6. The molecule has 1 saturated heterocycles. The molecule has 27 heavy (non-hydrogen) atoms. The number of benzene rings is 1. The molecule has 0 aliphatic carbocycles. The van der Waals surface area contributed by atoms with E-state index >= 15 is 0 Å². The second-order valence-electron chi connectivity index (χ2n) is 6.97. The summed E-state index contributed by atoms with van der Waals surface area (Å²) in [6.45, 7) is 4.04. The summed E-state index contributed by atoms with van der Waals surface area (Å²) in [5.41, 5.74) is 1.89. The number of likely N-dealkylation sites (tertiary alicyclic amines) is 1. The van der Waals surface area contributed by atoms with E-state index in [2.05, 4.69) is 34.2 Å². The smallest absolute Gasteiger partial charge is 0.351 e. The molecule has 1 aromatic carbocycles. The standard InChI is InChI=1S/C19H26N6O2/c1-4-14-5-7-15(8-6-14)22-18-17(25(26)27)19(21-13-20-18)24(3)16-9-11-23(2)12-10-16/h5-8,13,16H,4,9-12H2,1-3H3,(H,20,21,22). The summed E-state index contributed by atoms with van der Waals surface area (Å²) in [6.07, 6.45) is 4.24. The van der Waals surface area contributed by atoms with Crippen molar-refractivity contribution in [1.29, 1.82) is 0 Å². The van der Waals surface area contributed by atoms with Crippen LogP contribution >= 0.6 is 0 Å². The van der Waals surface area contributed by atoms with Gasteiger partial charge in [0.1, 0.15) is 6.33 Å². The first-order valence-electron chi connectivity index (χ1n) is 9.26. The van der Waals surface area contributed by atoms with Crippen LogP contribution in [0.25, 0.3) is 0 Å². The van der Waals surface area contributed by atoms with Crippen LogP contribution in [0.3, 0.4) is 0 Å². The van der Waals surface area contributed by atoms with Crippen molar-refractivity contribution in [2.45, 2.75) is 32.2 Å². The first kappa shape index (κ1) is 19.0. The molecule has 0 saturated carbocycles. The van der Waals surface area contributed by atoms with Crippen molar-refractivity contribution in [3.8, 4) is 0 Å². The number of anilines is 3. The highest BCUT2D eigenvalue weighted by Gasteiger charge is 2.30. The summed E-state index contributed by atoms with van der Waals surface area (Å²) in [5.74, 6) is 0.575. The largest absolute Gasteiger partial charge is 0.353 e. The van der Waals surface area contributed by atoms with E-state index in [0.717, 1.165) is 38.0 Å². The molecule has 8 nitrogen and oxygen atoms in total. The fourth-order valence-electron chi connectivity index (χ4n) is 3.40. The summed E-state index contributed by atoms with van der Waals surface area (Å²) in [7, 11) is 3.97. The number of nitro groups is 1. The molecule has 2 heterocycles. The summed E-state index contributed by atoms with van der Waals surface area (Å²) in [5, 5.41) is 14.9. The van der Waals surface area contributed by atoms with E-state index < -0.39 is 4.92 Å². The van der Waals surface area contributed by atoms with Crippen molar-refractivity contribution in [3.05, 3.63) is 46.3 Å². The van der Waals surface area contributed by atoms with Crippen LogP contribution in [0, 0.1) is 10.1 Å². The van der Waals surface area contributed by atoms with Gasteiger partial charge in [-0.1, -0.05) is 19.1 Å². The van der Waals surface area contributed by atoms with Crippen molar-refractivity contribution in [2.75, 3.05) is 37.4 Å². The van der Waals surface area contributed by atoms with Crippen LogP contribution in [-0.2, 0) is 6.42 Å². The second-order valence-corrected chi connectivity index (χ2v) is 6.97. The van der Waals surface area contributed by atoms with Gasteiger partial charge in [-0.05, 0) is 57.1 Å². The van der Waals surface area contributed by atoms with Gasteiger partial charge in [-0.2, -0.15) is 0 Å². The molecule has 0 amide bonds. The minimum Gasteiger partial charge on any atom is -0.351 e. The van der Waals surface area contributed by atoms with Gasteiger partial charge < -0.3 is 15.1 Å². The lowest BCUT2D eigenvalue weighted by atomic mass is 10.0. The van der Waals surface area contributed by atoms with E-state index in [9.17, 15) is 10.1 Å². The number of aromatic nitrogens is 2. The van der Waals surface area contributed by atoms with Crippen LogP contribution in [0.4, 0.5) is 23.0 Å². The Bertz CT molecular complexity index is 787. The maximum Gasteiger partial charge on any atom is 0.353 e. The van der Waals surface area contributed by atoms with E-state index in [4.69, 9.17) is 0 Å². The average molecular weight is 370 g/mol. The third kappa shape index (κ3) is 4.33. The van der Waals surface area contributed by atoms with Crippen LogP contribution < -0.4 is 10.2 Å². The van der Waals surface area contributed by atoms with Crippen LogP contribution in [0.5, 0.6) is 0 Å². The highest BCUT2D eigenvalue weighted by Crippen LogP contribution is 2.35. The normalized spacial score (nSPS) is 15.5. The monoisotopic (exact) mass is 370 g/mol. The predicted molar refractivity (Wildman–Crippen MR) is 107 cm³/mol. The van der Waals surface area contributed by atoms with Crippen LogP contribution in [0.2, 0.25) is 0 Å². The van der Waals surface area contributed by atoms with E-state index in [1.165, 1.54) is 11.9 Å². The van der Waals surface area contributed by atoms with E-state index in [1.807, 2.05) is 36.2 Å². The molecule has 1 aliphatic heterocycles. The van der Waals surface area contributed by atoms with E-state index in [0.29, 0.717) is 5.82 Å². The Morgan fingerprint density at radius 3 is 2.52 bits per heavy atom. The predicted octanol–water partition coefficient (Wildman–Crippen LogP) is 3.22. The maximum atomic E-state index is 11.8. The first-order chi connectivity index (χ1) is 13.0. The Morgan fingerprint density at radius 1 is 1.26 bits per heavy atom. The Hall–Kier alpha value is -2.74. The number of piperidine rings is 1. The molecule has 8 heteroatoms. The van der Waals surface area contributed by atoms with Crippen molar-refractivity contribution in [3.63, 3.8) is 0 Å². The molecular formula is C19H26N6O2. The maximum absolute atomic E-state index is 11.8. The molecule has 2 aromatic rings. The minimum atomic E-state index is -0.399. The van der Waals surface area contributed by atoms with Gasteiger partial charge in [0.2, 0.25) is 11.6 Å². The average Bonchev–Trinajstić information content (AvgIpc) is 2.68. The Labute approximate surface area is 159 Å². The fourth-order valence-corrected chi connectivity index (χ4v) is 3.40. The number of aryl methyl sites for hydroxylation is 1. The molecule has 1 aromatic heterocycles. The van der Waals surface area contributed by atoms with Gasteiger partial charge in [0.05, 0.1) is 4.92 Å². The van der Waals surface area contributed by atoms with Gasteiger partial charge in [0.25, 0.3) is 0 Å². The third-order valence-corrected chi connectivity index (χ3v) is 5.18. The first-order valence-corrected chi connectivity index (χ1v) is 9.26. The van der Waals surface area contributed by atoms with Gasteiger partial charge in [0.15, 0.2) is 0 Å². The van der Waals surface area contributed by atoms with E-state index in [1.54, 1.807) is 0 Å². The van der Waals surface area contributed by atoms with Crippen LogP contribution in [0.15, 0.2) is 30.6 Å². The fraction of sp³-hybridized carbons (Fsp3) is 0.474. The molecule has 1 N–H and O–H groups in total. The lowest BCUT2D eigenvalue weighted by Crippen LogP contribution is -2.42. The Morgan fingerprint density at radius 2 is 1.93 bits per heavy atom. The molecule has 1 aliphatic rings. The number of nitrogens with one attached hydrogen (secondary N) is 1. The summed E-state index contributed by atoms with van der Waals surface area (Å²) < 4.78 is 0. The van der Waals surface area contributed by atoms with Crippen molar-refractivity contribution in [2.24, 2.45) is 0 Å². The van der Waals surface area contributed by atoms with Crippen molar-refractivity contribution >= 4 is 23.0 Å². The lowest BCUT2D eigenvalue weighted by molar-refractivity contribution is -0.383. The summed E-state index contributed by atoms with van der Waals surface area (Å²) in [6, 6.07) is 8.05. The molecule has 0 radical (unpaired) electrons. The zero-order valence-electron chi connectivity index (χ0n) is 16.1. The zero-order chi connectivity index (χ0) is 19.4. The highest BCUT2D eigenvalue weighted by atomic mass is 16.6. The zero-order valence-corrected chi connectivity index (χ0v) is 16.1. The van der Waals surface area contributed by atoms with E-state index in [-0.39, 0.29) is 17.5 Å². The third-order valence-electron chi connectivity index (χ3n) is 5.18. The minimum absolute atomic E-state index is 0.0847. The second kappa shape index (κ2) is 8.30. The topological polar surface area (TPSA) is 87.4 Å². The van der Waals surface area contributed by atoms with Crippen molar-refractivity contribution in [1.82, 2.24) is 14.9 Å². The Kier molecular flexibility index (Phi) is 5.85. The Balaban J connectivity index is 1.88. The van der Waals surface area contributed by atoms with Crippen LogP contribution in [-0.4, -0.2) is 53.0 Å². The molecular weight excluding hydrogens is 344 g/mol. The van der Waals surface area contributed by atoms with Gasteiger partial charge in [0, 0.05) is 18.8 Å². The molecule has 0 atom stereocenters. The highest BCUT2D eigenvalue weighted by molar-refractivity contribution is 5.74. The molecule has 3 rings (SSSR count). The SMILES string of the molecule is CCc1ccc(Nc2ncnc(N(C)C3CCN(C)CC3)c2[N+](=O)[O-])cc1. The molecule has 0 unspecified atom stereocenters. The van der Waals surface area contributed by atoms with Gasteiger partial charge in [-0.25, -0.2) is 9.97 Å². The van der Waals surface area contributed by atoms with Gasteiger partial charge in [-0.15, -0.1) is 0 Å². The molecule has 1 fully saturated rings. The van der Waals surface area contributed by atoms with Gasteiger partial charge >= 0.3 is 5.69 Å². The van der Waals surface area contributed by atoms with Gasteiger partial charge in [-0.3, -0.25) is 10.1 Å². The lowest BCUT2D eigenvalue weighted by Gasteiger charge is -2.35. The van der Waals surface area contributed by atoms with Crippen molar-refractivity contribution < 1.29 is 4.92 Å². The summed E-state index contributed by atoms with van der Waals surface area (Å²) in [4.78, 5) is 24.0. The number of hydrogen-bond donors (Lipinski definition) is 1.